The molecular formula is C23H23N5OS. The van der Waals surface area contributed by atoms with Crippen LogP contribution in [0.15, 0.2) is 53.7 Å². The summed E-state index contributed by atoms with van der Waals surface area (Å²) in [5.41, 5.74) is 4.28. The molecular weight excluding hydrogens is 394 g/mol. The van der Waals surface area contributed by atoms with Gasteiger partial charge in [-0.05, 0) is 49.4 Å². The van der Waals surface area contributed by atoms with Gasteiger partial charge in [0.25, 0.3) is 0 Å². The first-order valence-electron chi connectivity index (χ1n) is 10.2. The summed E-state index contributed by atoms with van der Waals surface area (Å²) in [5, 5.41) is 6.16. The van der Waals surface area contributed by atoms with Crippen LogP contribution in [-0.4, -0.2) is 43.2 Å². The van der Waals surface area contributed by atoms with Gasteiger partial charge in [-0.3, -0.25) is 4.79 Å². The molecule has 0 aliphatic heterocycles. The first-order valence-corrected chi connectivity index (χ1v) is 11.2. The smallest absolute Gasteiger partial charge is 0.233 e. The first kappa shape index (κ1) is 19.1. The molecule has 7 heteroatoms. The number of para-hydroxylation sites is 1. The molecule has 4 aromatic rings. The fraction of sp³-hybridized carbons (Fsp3) is 0.304. The normalized spacial score (nSPS) is 16.0. The van der Waals surface area contributed by atoms with Gasteiger partial charge in [-0.1, -0.05) is 48.2 Å². The SMILES string of the molecule is Cc1nc2c3ccccc3nc(SCC(=O)N(C)[C@H]3CCCc4ccccc43)n2n1. The molecule has 0 bridgehead atoms. The molecule has 1 aliphatic carbocycles. The number of rotatable bonds is 4. The van der Waals surface area contributed by atoms with Crippen LogP contribution in [0.4, 0.5) is 0 Å². The van der Waals surface area contributed by atoms with Gasteiger partial charge in [-0.25, -0.2) is 9.97 Å². The Morgan fingerprint density at radius 1 is 1.17 bits per heavy atom. The molecule has 0 unspecified atom stereocenters. The second-order valence-electron chi connectivity index (χ2n) is 7.71. The maximum atomic E-state index is 13.1. The van der Waals surface area contributed by atoms with Crippen molar-refractivity contribution in [1.29, 1.82) is 0 Å². The van der Waals surface area contributed by atoms with Crippen molar-refractivity contribution in [3.63, 3.8) is 0 Å². The van der Waals surface area contributed by atoms with Crippen LogP contribution in [0.2, 0.25) is 0 Å². The molecule has 5 rings (SSSR count). The fourth-order valence-corrected chi connectivity index (χ4v) is 5.13. The Labute approximate surface area is 179 Å². The predicted octanol–water partition coefficient (Wildman–Crippen LogP) is 4.21. The van der Waals surface area contributed by atoms with E-state index < -0.39 is 0 Å². The van der Waals surface area contributed by atoms with Crippen LogP contribution in [-0.2, 0) is 11.2 Å². The minimum absolute atomic E-state index is 0.0987. The van der Waals surface area contributed by atoms with E-state index in [0.29, 0.717) is 16.7 Å². The summed E-state index contributed by atoms with van der Waals surface area (Å²) >= 11 is 1.42. The number of carbonyl (C=O) groups excluding carboxylic acids is 1. The van der Waals surface area contributed by atoms with E-state index in [9.17, 15) is 4.79 Å². The van der Waals surface area contributed by atoms with E-state index in [1.54, 1.807) is 4.52 Å². The Hall–Kier alpha value is -2.93. The van der Waals surface area contributed by atoms with Gasteiger partial charge in [0.1, 0.15) is 5.82 Å². The van der Waals surface area contributed by atoms with E-state index in [4.69, 9.17) is 4.98 Å². The zero-order chi connectivity index (χ0) is 20.7. The van der Waals surface area contributed by atoms with Crippen molar-refractivity contribution in [2.45, 2.75) is 37.4 Å². The van der Waals surface area contributed by atoms with Gasteiger partial charge in [0.2, 0.25) is 5.91 Å². The van der Waals surface area contributed by atoms with Crippen molar-refractivity contribution >= 4 is 34.2 Å². The standard InChI is InChI=1S/C23H23N5OS/c1-15-24-22-18-11-5-6-12-19(18)25-23(28(22)26-15)30-14-21(29)27(2)20-13-7-9-16-8-3-4-10-17(16)20/h3-6,8,10-12,20H,7,9,13-14H2,1-2H3/t20-/m0/s1. The average Bonchev–Trinajstić information content (AvgIpc) is 3.18. The summed E-state index contributed by atoms with van der Waals surface area (Å²) in [6.45, 7) is 1.87. The van der Waals surface area contributed by atoms with Crippen molar-refractivity contribution in [2.24, 2.45) is 0 Å². The number of nitrogens with zero attached hydrogens (tertiary/aromatic N) is 5. The summed E-state index contributed by atoms with van der Waals surface area (Å²) in [7, 11) is 1.92. The highest BCUT2D eigenvalue weighted by Gasteiger charge is 2.26. The van der Waals surface area contributed by atoms with Gasteiger partial charge < -0.3 is 4.90 Å². The van der Waals surface area contributed by atoms with Crippen LogP contribution >= 0.6 is 11.8 Å². The lowest BCUT2D eigenvalue weighted by Gasteiger charge is -2.33. The maximum absolute atomic E-state index is 13.1. The Balaban J connectivity index is 1.40. The van der Waals surface area contributed by atoms with E-state index in [-0.39, 0.29) is 11.9 Å². The molecule has 0 N–H and O–H groups in total. The third kappa shape index (κ3) is 3.33. The van der Waals surface area contributed by atoms with E-state index in [2.05, 4.69) is 34.3 Å². The third-order valence-electron chi connectivity index (χ3n) is 5.78. The number of amides is 1. The minimum Gasteiger partial charge on any atom is -0.338 e. The Bertz CT molecular complexity index is 1250. The van der Waals surface area contributed by atoms with Crippen LogP contribution in [0, 0.1) is 6.92 Å². The molecule has 2 aromatic carbocycles. The van der Waals surface area contributed by atoms with Crippen LogP contribution < -0.4 is 0 Å². The first-order chi connectivity index (χ1) is 14.6. The maximum Gasteiger partial charge on any atom is 0.233 e. The number of aryl methyl sites for hydroxylation is 2. The van der Waals surface area contributed by atoms with Crippen LogP contribution in [0.5, 0.6) is 0 Å². The van der Waals surface area contributed by atoms with Crippen molar-refractivity contribution in [2.75, 3.05) is 12.8 Å². The summed E-state index contributed by atoms with van der Waals surface area (Å²) in [5.74, 6) is 1.10. The molecule has 152 valence electrons. The van der Waals surface area contributed by atoms with Gasteiger partial charge in [-0.15, -0.1) is 5.10 Å². The molecule has 0 radical (unpaired) electrons. The number of thioether (sulfide) groups is 1. The Morgan fingerprint density at radius 3 is 2.87 bits per heavy atom. The number of carbonyl (C=O) groups is 1. The van der Waals surface area contributed by atoms with Gasteiger partial charge in [0, 0.05) is 12.4 Å². The Kier molecular flexibility index (Phi) is 4.90. The van der Waals surface area contributed by atoms with Gasteiger partial charge in [-0.2, -0.15) is 4.52 Å². The largest absolute Gasteiger partial charge is 0.338 e. The van der Waals surface area contributed by atoms with Crippen molar-refractivity contribution in [3.05, 3.63) is 65.5 Å². The highest BCUT2D eigenvalue weighted by molar-refractivity contribution is 7.99. The second-order valence-corrected chi connectivity index (χ2v) is 8.65. The molecule has 1 aliphatic rings. The van der Waals surface area contributed by atoms with Crippen molar-refractivity contribution in [3.8, 4) is 0 Å². The van der Waals surface area contributed by atoms with Crippen LogP contribution in [0.25, 0.3) is 16.6 Å². The number of hydrogen-bond donors (Lipinski definition) is 0. The second kappa shape index (κ2) is 7.72. The molecule has 2 heterocycles. The summed E-state index contributed by atoms with van der Waals surface area (Å²) in [6.07, 6.45) is 3.20. The summed E-state index contributed by atoms with van der Waals surface area (Å²) < 4.78 is 1.76. The molecule has 6 nitrogen and oxygen atoms in total. The third-order valence-corrected chi connectivity index (χ3v) is 6.69. The predicted molar refractivity (Wildman–Crippen MR) is 119 cm³/mol. The molecule has 0 fully saturated rings. The topological polar surface area (TPSA) is 63.4 Å². The number of hydrogen-bond acceptors (Lipinski definition) is 5. The van der Waals surface area contributed by atoms with E-state index in [0.717, 1.165) is 35.8 Å². The van der Waals surface area contributed by atoms with Gasteiger partial charge >= 0.3 is 0 Å². The highest BCUT2D eigenvalue weighted by Crippen LogP contribution is 2.34. The quantitative estimate of drug-likeness (QED) is 0.368. The van der Waals surface area contributed by atoms with Crippen LogP contribution in [0.1, 0.15) is 35.8 Å². The average molecular weight is 418 g/mol. The fourth-order valence-electron chi connectivity index (χ4n) is 4.26. The zero-order valence-corrected chi connectivity index (χ0v) is 17.9. The number of benzene rings is 2. The molecule has 30 heavy (non-hydrogen) atoms. The molecule has 2 aromatic heterocycles. The molecule has 1 atom stereocenters. The van der Waals surface area contributed by atoms with Crippen molar-refractivity contribution < 1.29 is 4.79 Å². The summed E-state index contributed by atoms with van der Waals surface area (Å²) in [4.78, 5) is 24.3. The molecule has 0 saturated heterocycles. The molecule has 0 saturated carbocycles. The van der Waals surface area contributed by atoms with Gasteiger partial charge in [0.15, 0.2) is 10.8 Å². The summed E-state index contributed by atoms with van der Waals surface area (Å²) in [6, 6.07) is 16.5. The zero-order valence-electron chi connectivity index (χ0n) is 17.1. The van der Waals surface area contributed by atoms with Crippen molar-refractivity contribution in [1.82, 2.24) is 24.5 Å². The van der Waals surface area contributed by atoms with E-state index in [1.165, 1.54) is 22.9 Å². The number of aromatic nitrogens is 4. The van der Waals surface area contributed by atoms with E-state index >= 15 is 0 Å². The van der Waals surface area contributed by atoms with Gasteiger partial charge in [0.05, 0.1) is 17.3 Å². The highest BCUT2D eigenvalue weighted by atomic mass is 32.2. The lowest BCUT2D eigenvalue weighted by molar-refractivity contribution is -0.129. The minimum atomic E-state index is 0.0987. The Morgan fingerprint density at radius 2 is 1.97 bits per heavy atom. The van der Waals surface area contributed by atoms with E-state index in [1.807, 2.05) is 43.1 Å². The molecule has 1 amide bonds. The van der Waals surface area contributed by atoms with Crippen LogP contribution in [0.3, 0.4) is 0 Å². The number of fused-ring (bicyclic) bond motifs is 4. The monoisotopic (exact) mass is 417 g/mol. The molecule has 0 spiro atoms. The lowest BCUT2D eigenvalue weighted by atomic mass is 9.87. The lowest BCUT2D eigenvalue weighted by Crippen LogP contribution is -2.34.